The molecule has 1 unspecified atom stereocenters. The highest BCUT2D eigenvalue weighted by Gasteiger charge is 2.22. The van der Waals surface area contributed by atoms with Crippen LogP contribution in [0.25, 0.3) is 0 Å². The Morgan fingerprint density at radius 3 is 2.94 bits per heavy atom. The lowest BCUT2D eigenvalue weighted by atomic mass is 10.2. The lowest BCUT2D eigenvalue weighted by Crippen LogP contribution is -2.37. The molecule has 0 radical (unpaired) electrons. The van der Waals surface area contributed by atoms with E-state index < -0.39 is 11.6 Å². The molecule has 1 aromatic rings. The van der Waals surface area contributed by atoms with Crippen molar-refractivity contribution in [3.63, 3.8) is 0 Å². The molecule has 18 heavy (non-hydrogen) atoms. The summed E-state index contributed by atoms with van der Waals surface area (Å²) in [6.45, 7) is 5.72. The van der Waals surface area contributed by atoms with Crippen molar-refractivity contribution in [2.75, 3.05) is 19.6 Å². The third kappa shape index (κ3) is 3.27. The molecule has 1 aliphatic rings. The fraction of sp³-hybridized carbons (Fsp3) is 0.571. The third-order valence-electron chi connectivity index (χ3n) is 3.62. The van der Waals surface area contributed by atoms with E-state index in [9.17, 15) is 8.78 Å². The van der Waals surface area contributed by atoms with Gasteiger partial charge in [-0.3, -0.25) is 4.90 Å². The minimum absolute atomic E-state index is 0.458. The number of likely N-dealkylation sites (N-methyl/N-ethyl adjacent to an activating group) is 1. The van der Waals surface area contributed by atoms with E-state index >= 15 is 0 Å². The van der Waals surface area contributed by atoms with Crippen LogP contribution in [-0.4, -0.2) is 30.6 Å². The van der Waals surface area contributed by atoms with Crippen LogP contribution in [0, 0.1) is 11.6 Å². The number of benzene rings is 1. The number of likely N-dealkylation sites (tertiary alicyclic amines) is 1. The molecule has 1 fully saturated rings. The van der Waals surface area contributed by atoms with Crippen LogP contribution in [0.1, 0.15) is 25.3 Å². The van der Waals surface area contributed by atoms with Gasteiger partial charge in [-0.25, -0.2) is 8.78 Å². The van der Waals surface area contributed by atoms with E-state index in [1.54, 1.807) is 0 Å². The number of halogens is 2. The molecule has 2 nitrogen and oxygen atoms in total. The average Bonchev–Trinajstić information content (AvgIpc) is 2.79. The maximum Gasteiger partial charge on any atom is 0.130 e. The highest BCUT2D eigenvalue weighted by Crippen LogP contribution is 2.16. The van der Waals surface area contributed by atoms with Gasteiger partial charge >= 0.3 is 0 Å². The van der Waals surface area contributed by atoms with Gasteiger partial charge in [0, 0.05) is 30.8 Å². The molecule has 1 heterocycles. The van der Waals surface area contributed by atoms with Crippen molar-refractivity contribution in [1.29, 1.82) is 0 Å². The first-order valence-corrected chi connectivity index (χ1v) is 6.59. The first-order chi connectivity index (χ1) is 8.70. The van der Waals surface area contributed by atoms with E-state index in [-0.39, 0.29) is 0 Å². The number of nitrogens with zero attached hydrogens (tertiary/aromatic N) is 1. The van der Waals surface area contributed by atoms with Gasteiger partial charge in [-0.2, -0.15) is 0 Å². The molecule has 1 aliphatic heterocycles. The second-order valence-corrected chi connectivity index (χ2v) is 4.79. The van der Waals surface area contributed by atoms with Crippen molar-refractivity contribution < 1.29 is 8.78 Å². The molecule has 0 aliphatic carbocycles. The predicted octanol–water partition coefficient (Wildman–Crippen LogP) is 2.54. The standard InChI is InChI=1S/C14H20F2N2/c1-2-18-7-3-4-13(18)10-17-9-11-5-6-12(15)8-14(11)16/h5-6,8,13,17H,2-4,7,9-10H2,1H3. The maximum absolute atomic E-state index is 13.4. The van der Waals surface area contributed by atoms with E-state index in [2.05, 4.69) is 17.1 Å². The quantitative estimate of drug-likeness (QED) is 0.868. The summed E-state index contributed by atoms with van der Waals surface area (Å²) in [5.41, 5.74) is 0.525. The van der Waals surface area contributed by atoms with Crippen molar-refractivity contribution >= 4 is 0 Å². The SMILES string of the molecule is CCN1CCCC1CNCc1ccc(F)cc1F. The molecule has 0 amide bonds. The van der Waals surface area contributed by atoms with Crippen LogP contribution in [-0.2, 0) is 6.54 Å². The van der Waals surface area contributed by atoms with Crippen LogP contribution in [0.3, 0.4) is 0 Å². The second kappa shape index (κ2) is 6.25. The summed E-state index contributed by atoms with van der Waals surface area (Å²) in [6.07, 6.45) is 2.44. The Morgan fingerprint density at radius 2 is 2.22 bits per heavy atom. The summed E-state index contributed by atoms with van der Waals surface area (Å²) in [5.74, 6) is -0.995. The van der Waals surface area contributed by atoms with E-state index in [0.29, 0.717) is 18.2 Å². The zero-order valence-electron chi connectivity index (χ0n) is 10.8. The molecule has 4 heteroatoms. The lowest BCUT2D eigenvalue weighted by molar-refractivity contribution is 0.259. The Morgan fingerprint density at radius 1 is 1.39 bits per heavy atom. The van der Waals surface area contributed by atoms with Crippen LogP contribution >= 0.6 is 0 Å². The molecular formula is C14H20F2N2. The second-order valence-electron chi connectivity index (χ2n) is 4.79. The van der Waals surface area contributed by atoms with Gasteiger partial charge in [-0.15, -0.1) is 0 Å². The molecule has 0 saturated carbocycles. The van der Waals surface area contributed by atoms with Gasteiger partial charge < -0.3 is 5.32 Å². The van der Waals surface area contributed by atoms with Crippen molar-refractivity contribution in [2.24, 2.45) is 0 Å². The topological polar surface area (TPSA) is 15.3 Å². The van der Waals surface area contributed by atoms with Gasteiger partial charge in [0.15, 0.2) is 0 Å². The Kier molecular flexibility index (Phi) is 4.66. The van der Waals surface area contributed by atoms with Crippen molar-refractivity contribution in [3.8, 4) is 0 Å². The third-order valence-corrected chi connectivity index (χ3v) is 3.62. The van der Waals surface area contributed by atoms with Crippen LogP contribution in [0.2, 0.25) is 0 Å². The fourth-order valence-corrected chi connectivity index (χ4v) is 2.58. The van der Waals surface area contributed by atoms with Crippen LogP contribution < -0.4 is 5.32 Å². The molecule has 1 saturated heterocycles. The summed E-state index contributed by atoms with van der Waals surface area (Å²) in [4.78, 5) is 2.44. The van der Waals surface area contributed by atoms with Crippen LogP contribution in [0.15, 0.2) is 18.2 Å². The Bertz CT molecular complexity index is 395. The first kappa shape index (κ1) is 13.4. The largest absolute Gasteiger partial charge is 0.311 e. The van der Waals surface area contributed by atoms with Gasteiger partial charge in [0.05, 0.1) is 0 Å². The molecule has 2 rings (SSSR count). The number of rotatable bonds is 5. The zero-order valence-corrected chi connectivity index (χ0v) is 10.8. The van der Waals surface area contributed by atoms with E-state index in [4.69, 9.17) is 0 Å². The first-order valence-electron chi connectivity index (χ1n) is 6.59. The summed E-state index contributed by atoms with van der Waals surface area (Å²) in [6, 6.07) is 4.29. The highest BCUT2D eigenvalue weighted by molar-refractivity contribution is 5.18. The van der Waals surface area contributed by atoms with E-state index in [1.165, 1.54) is 25.0 Å². The lowest BCUT2D eigenvalue weighted by Gasteiger charge is -2.23. The number of hydrogen-bond acceptors (Lipinski definition) is 2. The highest BCUT2D eigenvalue weighted by atomic mass is 19.1. The monoisotopic (exact) mass is 254 g/mol. The molecule has 0 spiro atoms. The van der Waals surface area contributed by atoms with Crippen LogP contribution in [0.4, 0.5) is 8.78 Å². The normalized spacial score (nSPS) is 20.5. The minimum atomic E-state index is -0.524. The summed E-state index contributed by atoms with van der Waals surface area (Å²) >= 11 is 0. The smallest absolute Gasteiger partial charge is 0.130 e. The van der Waals surface area contributed by atoms with Crippen molar-refractivity contribution in [1.82, 2.24) is 10.2 Å². The van der Waals surface area contributed by atoms with E-state index in [0.717, 1.165) is 25.7 Å². The summed E-state index contributed by atoms with van der Waals surface area (Å²) in [5, 5.41) is 3.26. The molecule has 1 atom stereocenters. The van der Waals surface area contributed by atoms with Gasteiger partial charge in [-0.05, 0) is 32.0 Å². The van der Waals surface area contributed by atoms with Gasteiger partial charge in [0.25, 0.3) is 0 Å². The molecule has 0 aromatic heterocycles. The van der Waals surface area contributed by atoms with Crippen molar-refractivity contribution in [3.05, 3.63) is 35.4 Å². The van der Waals surface area contributed by atoms with Crippen LogP contribution in [0.5, 0.6) is 0 Å². The Balaban J connectivity index is 1.81. The molecule has 1 aromatic carbocycles. The Hall–Kier alpha value is -1.00. The fourth-order valence-electron chi connectivity index (χ4n) is 2.58. The molecule has 100 valence electrons. The summed E-state index contributed by atoms with van der Waals surface area (Å²) < 4.78 is 26.1. The number of hydrogen-bond donors (Lipinski definition) is 1. The summed E-state index contributed by atoms with van der Waals surface area (Å²) in [7, 11) is 0. The molecular weight excluding hydrogens is 234 g/mol. The minimum Gasteiger partial charge on any atom is -0.311 e. The molecule has 0 bridgehead atoms. The van der Waals surface area contributed by atoms with Gasteiger partial charge in [0.1, 0.15) is 11.6 Å². The molecule has 1 N–H and O–H groups in total. The van der Waals surface area contributed by atoms with E-state index in [1.807, 2.05) is 0 Å². The van der Waals surface area contributed by atoms with Gasteiger partial charge in [-0.1, -0.05) is 13.0 Å². The van der Waals surface area contributed by atoms with Gasteiger partial charge in [0.2, 0.25) is 0 Å². The average molecular weight is 254 g/mol. The van der Waals surface area contributed by atoms with Crippen molar-refractivity contribution in [2.45, 2.75) is 32.4 Å². The number of nitrogens with one attached hydrogen (secondary N) is 1. The maximum atomic E-state index is 13.4. The predicted molar refractivity (Wildman–Crippen MR) is 68.3 cm³/mol. The zero-order chi connectivity index (χ0) is 13.0. The Labute approximate surface area is 107 Å².